The summed E-state index contributed by atoms with van der Waals surface area (Å²) in [7, 11) is 1.45. The largest absolute Gasteiger partial charge is 0.472 e. The molecule has 0 heterocycles. The number of allylic oxidation sites excluding steroid dienone is 15. The molecule has 1 amide bonds. The first kappa shape index (κ1) is 70.9. The molecule has 3 unspecified atom stereocenters. The number of amides is 1. The van der Waals surface area contributed by atoms with Crippen molar-refractivity contribution < 1.29 is 37.3 Å². The Morgan fingerprint density at radius 3 is 1.34 bits per heavy atom. The van der Waals surface area contributed by atoms with Gasteiger partial charge in [-0.05, 0) is 109 Å². The van der Waals surface area contributed by atoms with E-state index in [0.29, 0.717) is 17.4 Å². The highest BCUT2D eigenvalue weighted by molar-refractivity contribution is 7.47. The number of esters is 1. The fourth-order valence-electron chi connectivity index (χ4n) is 8.11. The Bertz CT molecular complexity index is 1590. The Morgan fingerprint density at radius 1 is 0.486 bits per heavy atom. The van der Waals surface area contributed by atoms with E-state index >= 15 is 0 Å². The van der Waals surface area contributed by atoms with Crippen LogP contribution in [0.25, 0.3) is 0 Å². The van der Waals surface area contributed by atoms with Gasteiger partial charge in [0, 0.05) is 12.8 Å². The number of likely N-dealkylation sites (N-methyl/N-ethyl adjacent to an activating group) is 1. The van der Waals surface area contributed by atoms with Crippen molar-refractivity contribution in [3.8, 4) is 0 Å². The van der Waals surface area contributed by atoms with E-state index in [-0.39, 0.29) is 37.9 Å². The van der Waals surface area contributed by atoms with Crippen LogP contribution in [0.4, 0.5) is 0 Å². The second kappa shape index (κ2) is 53.3. The second-order valence-electron chi connectivity index (χ2n) is 21.1. The maximum absolute atomic E-state index is 13.5. The van der Waals surface area contributed by atoms with Crippen molar-refractivity contribution in [2.75, 3.05) is 40.9 Å². The van der Waals surface area contributed by atoms with Crippen LogP contribution in [0.3, 0.4) is 0 Å². The van der Waals surface area contributed by atoms with Crippen LogP contribution >= 0.6 is 7.82 Å². The number of unbranched alkanes of at least 4 members (excludes halogenated alkanes) is 23. The normalized spacial score (nSPS) is 14.4. The van der Waals surface area contributed by atoms with Gasteiger partial charge in [0.15, 0.2) is 0 Å². The summed E-state index contributed by atoms with van der Waals surface area (Å²) in [5, 5.41) is 3.02. The van der Waals surface area contributed by atoms with Crippen LogP contribution in [0.2, 0.25) is 0 Å². The number of phosphoric ester groups is 1. The van der Waals surface area contributed by atoms with Crippen LogP contribution in [0.15, 0.2) is 97.2 Å². The van der Waals surface area contributed by atoms with Gasteiger partial charge >= 0.3 is 13.8 Å². The van der Waals surface area contributed by atoms with E-state index in [0.717, 1.165) is 103 Å². The maximum atomic E-state index is 13.5. The second-order valence-corrected chi connectivity index (χ2v) is 22.6. The van der Waals surface area contributed by atoms with E-state index < -0.39 is 20.0 Å². The molecule has 0 radical (unpaired) electrons. The lowest BCUT2D eigenvalue weighted by Gasteiger charge is -2.27. The van der Waals surface area contributed by atoms with Gasteiger partial charge < -0.3 is 19.4 Å². The average Bonchev–Trinajstić information content (AvgIpc) is 3.36. The zero-order valence-electron chi connectivity index (χ0n) is 48.6. The number of hydrogen-bond acceptors (Lipinski definition) is 6. The van der Waals surface area contributed by atoms with Crippen molar-refractivity contribution in [1.82, 2.24) is 5.32 Å². The standard InChI is InChI=1S/C64H113N2O7P/c1-7-10-13-16-19-22-25-28-30-31-32-33-34-35-37-38-41-44-47-50-53-56-63(67)65-61(60-72-74(69,70)71-59-58-66(4,5)6)62(55-52-49-46-43-40-27-24-21-18-15-12-9-3)73-64(68)57-54-51-48-45-42-39-36-29-26-23-20-17-14-11-8-2/h10,13,19,22-23,26,28,30,32-33,35,37,41,44,52,55,61-62H,7-9,11-12,14-18,20-21,24-25,27,29,31,34,36,38-40,42-43,45-51,53-54,56-60H2,1-6H3,(H-,65,67,69,70)/p+1/b13-10-,22-19-,26-23-,30-28-,33-32-,37-35-,44-41-,55-52-. The Balaban J connectivity index is 5.38. The molecule has 0 fully saturated rings. The van der Waals surface area contributed by atoms with Crippen LogP contribution in [0.1, 0.15) is 245 Å². The molecule has 2 N–H and O–H groups in total. The highest BCUT2D eigenvalue weighted by Gasteiger charge is 2.30. The first-order valence-corrected chi connectivity index (χ1v) is 31.6. The van der Waals surface area contributed by atoms with Gasteiger partial charge in [-0.15, -0.1) is 0 Å². The zero-order valence-corrected chi connectivity index (χ0v) is 49.4. The van der Waals surface area contributed by atoms with Gasteiger partial charge in [-0.25, -0.2) is 4.57 Å². The summed E-state index contributed by atoms with van der Waals surface area (Å²) in [5.74, 6) is -0.565. The molecule has 0 bridgehead atoms. The van der Waals surface area contributed by atoms with Gasteiger partial charge in [-0.3, -0.25) is 18.6 Å². The Labute approximate surface area is 456 Å². The maximum Gasteiger partial charge on any atom is 0.472 e. The van der Waals surface area contributed by atoms with E-state index in [1.165, 1.54) is 103 Å². The first-order valence-electron chi connectivity index (χ1n) is 30.1. The molecule has 9 nitrogen and oxygen atoms in total. The lowest BCUT2D eigenvalue weighted by molar-refractivity contribution is -0.870. The van der Waals surface area contributed by atoms with Gasteiger partial charge in [0.05, 0.1) is 33.8 Å². The van der Waals surface area contributed by atoms with Crippen molar-refractivity contribution in [2.45, 2.75) is 258 Å². The predicted octanol–water partition coefficient (Wildman–Crippen LogP) is 18.4. The minimum absolute atomic E-state index is 0.0266. The third-order valence-electron chi connectivity index (χ3n) is 12.8. The highest BCUT2D eigenvalue weighted by atomic mass is 31.2. The van der Waals surface area contributed by atoms with Gasteiger partial charge in [0.1, 0.15) is 19.3 Å². The fourth-order valence-corrected chi connectivity index (χ4v) is 8.85. The molecule has 426 valence electrons. The zero-order chi connectivity index (χ0) is 54.3. The summed E-state index contributed by atoms with van der Waals surface area (Å²) < 4.78 is 30.6. The number of carbonyl (C=O) groups excluding carboxylic acids is 2. The summed E-state index contributed by atoms with van der Waals surface area (Å²) in [6, 6.07) is -0.878. The number of phosphoric acid groups is 1. The lowest BCUT2D eigenvalue weighted by atomic mass is 10.0. The summed E-state index contributed by atoms with van der Waals surface area (Å²) in [5.41, 5.74) is 0. The molecule has 0 aromatic heterocycles. The summed E-state index contributed by atoms with van der Waals surface area (Å²) in [4.78, 5) is 37.6. The van der Waals surface area contributed by atoms with E-state index in [1.54, 1.807) is 0 Å². The van der Waals surface area contributed by atoms with Crippen LogP contribution in [0, 0.1) is 0 Å². The van der Waals surface area contributed by atoms with Gasteiger partial charge in [0.25, 0.3) is 0 Å². The number of nitrogens with one attached hydrogen (secondary N) is 1. The molecule has 0 rings (SSSR count). The van der Waals surface area contributed by atoms with Crippen molar-refractivity contribution in [1.29, 1.82) is 0 Å². The van der Waals surface area contributed by atoms with Crippen molar-refractivity contribution in [3.05, 3.63) is 97.2 Å². The van der Waals surface area contributed by atoms with Crippen LogP contribution in [-0.2, 0) is 27.9 Å². The fraction of sp³-hybridized carbons (Fsp3) is 0.719. The van der Waals surface area contributed by atoms with Crippen molar-refractivity contribution in [3.63, 3.8) is 0 Å². The molecule has 0 spiro atoms. The number of quaternary nitrogens is 1. The number of ether oxygens (including phenoxy) is 1. The topological polar surface area (TPSA) is 111 Å². The third kappa shape index (κ3) is 53.7. The minimum Gasteiger partial charge on any atom is -0.456 e. The molecule has 0 aliphatic carbocycles. The van der Waals surface area contributed by atoms with Crippen molar-refractivity contribution in [2.24, 2.45) is 0 Å². The molecule has 0 aliphatic heterocycles. The van der Waals surface area contributed by atoms with Crippen molar-refractivity contribution >= 4 is 19.7 Å². The molecule has 10 heteroatoms. The molecule has 0 aromatic rings. The van der Waals surface area contributed by atoms with Gasteiger partial charge in [-0.1, -0.05) is 221 Å². The third-order valence-corrected chi connectivity index (χ3v) is 13.7. The molecule has 0 saturated heterocycles. The minimum atomic E-state index is -4.46. The quantitative estimate of drug-likeness (QED) is 0.0205. The first-order chi connectivity index (χ1) is 35.9. The molecule has 0 saturated carbocycles. The Kier molecular flexibility index (Phi) is 51.1. The Morgan fingerprint density at radius 2 is 0.865 bits per heavy atom. The summed E-state index contributed by atoms with van der Waals surface area (Å²) in [6.07, 6.45) is 71.2. The highest BCUT2D eigenvalue weighted by Crippen LogP contribution is 2.43. The van der Waals surface area contributed by atoms with Gasteiger partial charge in [0.2, 0.25) is 5.91 Å². The van der Waals surface area contributed by atoms with Crippen LogP contribution < -0.4 is 5.32 Å². The number of carbonyl (C=O) groups is 2. The van der Waals surface area contributed by atoms with Crippen LogP contribution in [-0.4, -0.2) is 74.3 Å². The van der Waals surface area contributed by atoms with E-state index in [9.17, 15) is 19.0 Å². The summed E-state index contributed by atoms with van der Waals surface area (Å²) in [6.45, 7) is 6.84. The lowest BCUT2D eigenvalue weighted by Crippen LogP contribution is -2.47. The molecular formula is C64H114N2O7P+. The van der Waals surface area contributed by atoms with Gasteiger partial charge in [-0.2, -0.15) is 0 Å². The number of hydrogen-bond donors (Lipinski definition) is 2. The van der Waals surface area contributed by atoms with E-state index in [4.69, 9.17) is 13.8 Å². The Hall–Kier alpha value is -3.07. The number of rotatable bonds is 53. The predicted molar refractivity (Wildman–Crippen MR) is 318 cm³/mol. The summed E-state index contributed by atoms with van der Waals surface area (Å²) >= 11 is 0. The number of nitrogens with zero attached hydrogens (tertiary/aromatic N) is 1. The molecule has 0 aliphatic rings. The van der Waals surface area contributed by atoms with Crippen LogP contribution in [0.5, 0.6) is 0 Å². The SMILES string of the molecule is CC/C=C\C/C=C\C/C=C\C/C=C\C/C=C\C/C=C\CCCCC(=O)NC(COP(=O)(O)OCC[N+](C)(C)C)C(/C=C\CCCCCCCCCCCC)OC(=O)CCCCCCCCC/C=C\CCCCCC. The molecule has 74 heavy (non-hydrogen) atoms. The average molecular weight is 1050 g/mol. The molecule has 3 atom stereocenters. The molecular weight excluding hydrogens is 940 g/mol. The monoisotopic (exact) mass is 1050 g/mol. The van der Waals surface area contributed by atoms with E-state index in [2.05, 4.69) is 111 Å². The molecule has 0 aromatic carbocycles. The smallest absolute Gasteiger partial charge is 0.456 e. The van der Waals surface area contributed by atoms with E-state index in [1.807, 2.05) is 33.3 Å².